The van der Waals surface area contributed by atoms with Crippen molar-refractivity contribution in [3.63, 3.8) is 0 Å². The maximum Gasteiger partial charge on any atom is 0.412 e. The van der Waals surface area contributed by atoms with Gasteiger partial charge < -0.3 is 9.64 Å². The molecule has 1 aromatic rings. The van der Waals surface area contributed by atoms with Crippen LogP contribution in [0.4, 0.5) is 10.5 Å². The quantitative estimate of drug-likeness (QED) is 0.887. The number of anilines is 1. The minimum atomic E-state index is -0.557. The second kappa shape index (κ2) is 7.69. The maximum atomic E-state index is 12.8. The van der Waals surface area contributed by atoms with Crippen LogP contribution in [0.15, 0.2) is 24.3 Å². The van der Waals surface area contributed by atoms with E-state index in [0.717, 1.165) is 12.8 Å². The Morgan fingerprint density at radius 3 is 2.50 bits per heavy atom. The standard InChI is InChI=1S/C19H28N2O3/c1-5-21(16-11-6-7-12-16)17(22)14-9-8-10-15(13-14)20-18(23)24-19(2,3)4/h8-10,13,16H,5-7,11-12H2,1-4H3,(H,20,23). The van der Waals surface area contributed by atoms with Gasteiger partial charge in [-0.25, -0.2) is 4.79 Å². The van der Waals surface area contributed by atoms with Crippen LogP contribution < -0.4 is 5.32 Å². The van der Waals surface area contributed by atoms with Crippen LogP contribution in [0, 0.1) is 0 Å². The van der Waals surface area contributed by atoms with E-state index in [1.807, 2.05) is 32.6 Å². The molecule has 1 N–H and O–H groups in total. The summed E-state index contributed by atoms with van der Waals surface area (Å²) < 4.78 is 5.25. The molecular weight excluding hydrogens is 304 g/mol. The third-order valence-electron chi connectivity index (χ3n) is 4.12. The van der Waals surface area contributed by atoms with Gasteiger partial charge in [-0.15, -0.1) is 0 Å². The van der Waals surface area contributed by atoms with Crippen LogP contribution in [-0.2, 0) is 4.74 Å². The number of amides is 2. The van der Waals surface area contributed by atoms with Crippen LogP contribution in [0.5, 0.6) is 0 Å². The van der Waals surface area contributed by atoms with E-state index in [-0.39, 0.29) is 5.91 Å². The number of ether oxygens (including phenoxy) is 1. The molecule has 0 unspecified atom stereocenters. The molecule has 0 aromatic heterocycles. The van der Waals surface area contributed by atoms with Gasteiger partial charge in [-0.2, -0.15) is 0 Å². The Balaban J connectivity index is 2.08. The maximum absolute atomic E-state index is 12.8. The number of rotatable bonds is 4. The summed E-state index contributed by atoms with van der Waals surface area (Å²) in [5.41, 5.74) is 0.605. The fourth-order valence-corrected chi connectivity index (χ4v) is 3.10. The lowest BCUT2D eigenvalue weighted by molar-refractivity contribution is 0.0633. The second-order valence-electron chi connectivity index (χ2n) is 7.24. The van der Waals surface area contributed by atoms with E-state index >= 15 is 0 Å². The zero-order valence-electron chi connectivity index (χ0n) is 15.1. The summed E-state index contributed by atoms with van der Waals surface area (Å²) in [6.45, 7) is 8.15. The molecule has 0 radical (unpaired) electrons. The van der Waals surface area contributed by atoms with Gasteiger partial charge in [0, 0.05) is 23.8 Å². The third kappa shape index (κ3) is 4.98. The summed E-state index contributed by atoms with van der Waals surface area (Å²) >= 11 is 0. The summed E-state index contributed by atoms with van der Waals surface area (Å²) in [6, 6.07) is 7.38. The van der Waals surface area contributed by atoms with E-state index in [1.165, 1.54) is 12.8 Å². The summed E-state index contributed by atoms with van der Waals surface area (Å²) in [6.07, 6.45) is 4.02. The predicted octanol–water partition coefficient (Wildman–Crippen LogP) is 4.44. The zero-order valence-corrected chi connectivity index (χ0v) is 15.1. The lowest BCUT2D eigenvalue weighted by Crippen LogP contribution is -2.38. The van der Waals surface area contributed by atoms with Crippen molar-refractivity contribution in [3.8, 4) is 0 Å². The Kier molecular flexibility index (Phi) is 5.86. The molecular formula is C19H28N2O3. The number of carbonyl (C=O) groups is 2. The molecule has 1 saturated carbocycles. The topological polar surface area (TPSA) is 58.6 Å². The molecule has 2 rings (SSSR count). The highest BCUT2D eigenvalue weighted by Crippen LogP contribution is 2.25. The van der Waals surface area contributed by atoms with Gasteiger partial charge in [0.1, 0.15) is 5.60 Å². The van der Waals surface area contributed by atoms with E-state index in [0.29, 0.717) is 23.8 Å². The number of nitrogens with one attached hydrogen (secondary N) is 1. The molecule has 24 heavy (non-hydrogen) atoms. The van der Waals surface area contributed by atoms with Crippen molar-refractivity contribution in [2.45, 2.75) is 65.0 Å². The number of hydrogen-bond acceptors (Lipinski definition) is 3. The molecule has 0 heterocycles. The van der Waals surface area contributed by atoms with Gasteiger partial charge >= 0.3 is 6.09 Å². The van der Waals surface area contributed by atoms with Gasteiger partial charge in [0.25, 0.3) is 5.91 Å². The van der Waals surface area contributed by atoms with Crippen molar-refractivity contribution in [3.05, 3.63) is 29.8 Å². The molecule has 1 fully saturated rings. The first-order chi connectivity index (χ1) is 11.3. The molecule has 0 saturated heterocycles. The highest BCUT2D eigenvalue weighted by molar-refractivity contribution is 5.96. The average Bonchev–Trinajstić information content (AvgIpc) is 3.00. The fraction of sp³-hybridized carbons (Fsp3) is 0.579. The minimum Gasteiger partial charge on any atom is -0.444 e. The number of carbonyl (C=O) groups excluding carboxylic acids is 2. The summed E-state index contributed by atoms with van der Waals surface area (Å²) in [7, 11) is 0. The Hall–Kier alpha value is -2.04. The molecule has 1 aliphatic carbocycles. The fourth-order valence-electron chi connectivity index (χ4n) is 3.10. The van der Waals surface area contributed by atoms with E-state index < -0.39 is 11.7 Å². The van der Waals surface area contributed by atoms with Crippen molar-refractivity contribution in [1.29, 1.82) is 0 Å². The highest BCUT2D eigenvalue weighted by Gasteiger charge is 2.26. The lowest BCUT2D eigenvalue weighted by atomic mass is 10.1. The molecule has 0 aliphatic heterocycles. The third-order valence-corrected chi connectivity index (χ3v) is 4.12. The Morgan fingerprint density at radius 2 is 1.92 bits per heavy atom. The number of hydrogen-bond donors (Lipinski definition) is 1. The van der Waals surface area contributed by atoms with Gasteiger partial charge in [0.05, 0.1) is 0 Å². The first-order valence-corrected chi connectivity index (χ1v) is 8.71. The Labute approximate surface area is 144 Å². The van der Waals surface area contributed by atoms with Crippen molar-refractivity contribution in [1.82, 2.24) is 4.90 Å². The van der Waals surface area contributed by atoms with E-state index in [1.54, 1.807) is 24.3 Å². The zero-order chi connectivity index (χ0) is 17.7. The first-order valence-electron chi connectivity index (χ1n) is 8.71. The summed E-state index contributed by atoms with van der Waals surface area (Å²) in [5, 5.41) is 2.69. The first kappa shape index (κ1) is 18.3. The van der Waals surface area contributed by atoms with E-state index in [9.17, 15) is 9.59 Å². The van der Waals surface area contributed by atoms with Gasteiger partial charge in [-0.3, -0.25) is 10.1 Å². The van der Waals surface area contributed by atoms with Crippen LogP contribution in [0.3, 0.4) is 0 Å². The molecule has 0 spiro atoms. The lowest BCUT2D eigenvalue weighted by Gasteiger charge is -2.28. The van der Waals surface area contributed by atoms with Crippen molar-refractivity contribution >= 4 is 17.7 Å². The van der Waals surface area contributed by atoms with Crippen molar-refractivity contribution in [2.24, 2.45) is 0 Å². The molecule has 5 heteroatoms. The van der Waals surface area contributed by atoms with Gasteiger partial charge in [0.2, 0.25) is 0 Å². The van der Waals surface area contributed by atoms with Crippen LogP contribution in [0.2, 0.25) is 0 Å². The SMILES string of the molecule is CCN(C(=O)c1cccc(NC(=O)OC(C)(C)C)c1)C1CCCC1. The van der Waals surface area contributed by atoms with E-state index in [2.05, 4.69) is 5.32 Å². The van der Waals surface area contributed by atoms with Crippen LogP contribution in [0.1, 0.15) is 63.7 Å². The van der Waals surface area contributed by atoms with Crippen molar-refractivity contribution in [2.75, 3.05) is 11.9 Å². The van der Waals surface area contributed by atoms with Crippen LogP contribution >= 0.6 is 0 Å². The highest BCUT2D eigenvalue weighted by atomic mass is 16.6. The van der Waals surface area contributed by atoms with Crippen molar-refractivity contribution < 1.29 is 14.3 Å². The van der Waals surface area contributed by atoms with Crippen LogP contribution in [-0.4, -0.2) is 35.1 Å². The molecule has 1 aromatic carbocycles. The second-order valence-corrected chi connectivity index (χ2v) is 7.24. The molecule has 0 bridgehead atoms. The summed E-state index contributed by atoms with van der Waals surface area (Å²) in [5.74, 6) is 0.0252. The smallest absolute Gasteiger partial charge is 0.412 e. The molecule has 0 atom stereocenters. The number of nitrogens with zero attached hydrogens (tertiary/aromatic N) is 1. The molecule has 2 amide bonds. The van der Waals surface area contributed by atoms with Gasteiger partial charge in [-0.1, -0.05) is 18.9 Å². The summed E-state index contributed by atoms with van der Waals surface area (Å²) in [4.78, 5) is 26.6. The van der Waals surface area contributed by atoms with E-state index in [4.69, 9.17) is 4.74 Å². The molecule has 5 nitrogen and oxygen atoms in total. The largest absolute Gasteiger partial charge is 0.444 e. The Morgan fingerprint density at radius 1 is 1.25 bits per heavy atom. The monoisotopic (exact) mass is 332 g/mol. The molecule has 132 valence electrons. The minimum absolute atomic E-state index is 0.0252. The van der Waals surface area contributed by atoms with Crippen LogP contribution in [0.25, 0.3) is 0 Å². The average molecular weight is 332 g/mol. The van der Waals surface area contributed by atoms with Gasteiger partial charge in [0.15, 0.2) is 0 Å². The Bertz CT molecular complexity index is 587. The normalized spacial score (nSPS) is 15.2. The van der Waals surface area contributed by atoms with Gasteiger partial charge in [-0.05, 0) is 58.7 Å². The predicted molar refractivity (Wildman–Crippen MR) is 95.3 cm³/mol. The molecule has 1 aliphatic rings. The number of benzene rings is 1.